The molecule has 180 valence electrons. The third-order valence-electron chi connectivity index (χ3n) is 6.08. The normalized spacial score (nSPS) is 17.0. The first-order chi connectivity index (χ1) is 15.9. The molecule has 6 nitrogen and oxygen atoms in total. The molecule has 34 heavy (non-hydrogen) atoms. The standard InChI is InChI=1S/C27H32ClN3O3/c1-26(2)14-17(15-27(3,4)31-26)11-22(32)19-9-10-24(21(28)12-19)34-23-8-6-7-18(20(23)16-29)13-25(33)30-5/h6-10,12,17,31H,11,13-15H2,1-5H3,(H,30,33). The molecule has 1 saturated heterocycles. The van der Waals surface area contributed by atoms with Gasteiger partial charge in [0.05, 0.1) is 17.0 Å². The molecule has 2 aromatic rings. The summed E-state index contributed by atoms with van der Waals surface area (Å²) < 4.78 is 5.92. The quantitative estimate of drug-likeness (QED) is 0.515. The molecule has 0 atom stereocenters. The molecule has 1 heterocycles. The lowest BCUT2D eigenvalue weighted by Gasteiger charge is -2.46. The van der Waals surface area contributed by atoms with Crippen LogP contribution >= 0.6 is 11.6 Å². The molecule has 7 heteroatoms. The smallest absolute Gasteiger partial charge is 0.224 e. The van der Waals surface area contributed by atoms with Crippen LogP contribution in [-0.4, -0.2) is 29.8 Å². The van der Waals surface area contributed by atoms with Gasteiger partial charge in [-0.3, -0.25) is 9.59 Å². The highest BCUT2D eigenvalue weighted by Gasteiger charge is 2.38. The van der Waals surface area contributed by atoms with Gasteiger partial charge in [0.25, 0.3) is 0 Å². The van der Waals surface area contributed by atoms with Gasteiger partial charge in [0.1, 0.15) is 17.6 Å². The van der Waals surface area contributed by atoms with Crippen LogP contribution in [0, 0.1) is 17.2 Å². The number of Topliss-reactive ketones (excluding diaryl/α,β-unsaturated/α-hetero) is 1. The highest BCUT2D eigenvalue weighted by molar-refractivity contribution is 6.32. The second-order valence-electron chi connectivity index (χ2n) is 10.3. The number of amides is 1. The van der Waals surface area contributed by atoms with Crippen LogP contribution in [0.4, 0.5) is 0 Å². The topological polar surface area (TPSA) is 91.2 Å². The zero-order valence-electron chi connectivity index (χ0n) is 20.4. The van der Waals surface area contributed by atoms with E-state index < -0.39 is 0 Å². The van der Waals surface area contributed by atoms with E-state index in [9.17, 15) is 14.9 Å². The number of ether oxygens (including phenoxy) is 1. The summed E-state index contributed by atoms with van der Waals surface area (Å²) in [6.07, 6.45) is 2.40. The first-order valence-corrected chi connectivity index (χ1v) is 11.8. The number of piperidine rings is 1. The largest absolute Gasteiger partial charge is 0.454 e. The third-order valence-corrected chi connectivity index (χ3v) is 6.37. The summed E-state index contributed by atoms with van der Waals surface area (Å²) in [4.78, 5) is 24.8. The molecule has 2 N–H and O–H groups in total. The van der Waals surface area contributed by atoms with Crippen molar-refractivity contribution in [2.75, 3.05) is 7.05 Å². The van der Waals surface area contributed by atoms with Gasteiger partial charge in [-0.15, -0.1) is 0 Å². The first kappa shape index (κ1) is 25.7. The van der Waals surface area contributed by atoms with Crippen LogP contribution in [0.1, 0.15) is 68.4 Å². The predicted molar refractivity (Wildman–Crippen MR) is 133 cm³/mol. The summed E-state index contributed by atoms with van der Waals surface area (Å²) >= 11 is 6.46. The van der Waals surface area contributed by atoms with Crippen molar-refractivity contribution in [3.05, 3.63) is 58.1 Å². The Morgan fingerprint density at radius 2 is 1.82 bits per heavy atom. The Morgan fingerprint density at radius 1 is 1.15 bits per heavy atom. The van der Waals surface area contributed by atoms with E-state index in [-0.39, 0.29) is 45.7 Å². The average molecular weight is 482 g/mol. The minimum Gasteiger partial charge on any atom is -0.454 e. The van der Waals surface area contributed by atoms with Crippen LogP contribution in [0.5, 0.6) is 11.5 Å². The molecular formula is C27H32ClN3O3. The summed E-state index contributed by atoms with van der Waals surface area (Å²) in [6, 6.07) is 12.2. The van der Waals surface area contributed by atoms with Gasteiger partial charge in [0, 0.05) is 30.1 Å². The number of ketones is 1. The van der Waals surface area contributed by atoms with Crippen molar-refractivity contribution in [3.8, 4) is 17.6 Å². The number of halogens is 1. The number of likely N-dealkylation sites (N-methyl/N-ethyl adjacent to an activating group) is 1. The zero-order chi connectivity index (χ0) is 25.1. The number of carbonyl (C=O) groups excluding carboxylic acids is 2. The van der Waals surface area contributed by atoms with Crippen LogP contribution in [0.25, 0.3) is 0 Å². The van der Waals surface area contributed by atoms with Crippen molar-refractivity contribution in [3.63, 3.8) is 0 Å². The number of nitrogens with zero attached hydrogens (tertiary/aromatic N) is 1. The van der Waals surface area contributed by atoms with Crippen LogP contribution < -0.4 is 15.4 Å². The average Bonchev–Trinajstić information content (AvgIpc) is 2.72. The molecule has 1 amide bonds. The van der Waals surface area contributed by atoms with E-state index in [0.29, 0.717) is 29.0 Å². The van der Waals surface area contributed by atoms with E-state index in [1.165, 1.54) is 0 Å². The highest BCUT2D eigenvalue weighted by Crippen LogP contribution is 2.37. The summed E-state index contributed by atoms with van der Waals surface area (Å²) in [6.45, 7) is 8.70. The molecule has 1 aliphatic heterocycles. The minimum atomic E-state index is -0.199. The van der Waals surface area contributed by atoms with Crippen LogP contribution in [0.15, 0.2) is 36.4 Å². The van der Waals surface area contributed by atoms with E-state index in [1.807, 2.05) is 0 Å². The first-order valence-electron chi connectivity index (χ1n) is 11.5. The van der Waals surface area contributed by atoms with Gasteiger partial charge in [-0.2, -0.15) is 5.26 Å². The SMILES string of the molecule is CNC(=O)Cc1cccc(Oc2ccc(C(=O)CC3CC(C)(C)NC(C)(C)C3)cc2Cl)c1C#N. The molecule has 2 aromatic carbocycles. The van der Waals surface area contributed by atoms with Gasteiger partial charge < -0.3 is 15.4 Å². The van der Waals surface area contributed by atoms with Gasteiger partial charge in [0.2, 0.25) is 5.91 Å². The van der Waals surface area contributed by atoms with Crippen LogP contribution in [0.2, 0.25) is 5.02 Å². The predicted octanol–water partition coefficient (Wildman–Crippen LogP) is 5.42. The molecular weight excluding hydrogens is 450 g/mol. The maximum Gasteiger partial charge on any atom is 0.224 e. The second kappa shape index (κ2) is 10.2. The molecule has 0 aromatic heterocycles. The minimum absolute atomic E-state index is 0.0210. The Labute approximate surface area is 206 Å². The fourth-order valence-electron chi connectivity index (χ4n) is 5.13. The molecule has 0 radical (unpaired) electrons. The van der Waals surface area contributed by atoms with Crippen molar-refractivity contribution in [1.29, 1.82) is 5.26 Å². The highest BCUT2D eigenvalue weighted by atomic mass is 35.5. The molecule has 3 rings (SSSR count). The number of nitriles is 1. The molecule has 0 saturated carbocycles. The summed E-state index contributed by atoms with van der Waals surface area (Å²) in [5, 5.41) is 16.1. The number of benzene rings is 2. The number of hydrogen-bond donors (Lipinski definition) is 2. The Balaban J connectivity index is 1.76. The number of carbonyl (C=O) groups is 2. The van der Waals surface area contributed by atoms with E-state index in [0.717, 1.165) is 12.8 Å². The molecule has 0 unspecified atom stereocenters. The number of rotatable bonds is 7. The van der Waals surface area contributed by atoms with Gasteiger partial charge >= 0.3 is 0 Å². The lowest BCUT2D eigenvalue weighted by atomic mass is 9.74. The van der Waals surface area contributed by atoms with Crippen molar-refractivity contribution < 1.29 is 14.3 Å². The van der Waals surface area contributed by atoms with Crippen molar-refractivity contribution in [2.45, 2.75) is 64.5 Å². The Kier molecular flexibility index (Phi) is 7.70. The molecule has 1 aliphatic rings. The summed E-state index contributed by atoms with van der Waals surface area (Å²) in [5.74, 6) is 0.794. The van der Waals surface area contributed by atoms with Gasteiger partial charge in [0.15, 0.2) is 5.78 Å². The molecule has 1 fully saturated rings. The zero-order valence-corrected chi connectivity index (χ0v) is 21.2. The van der Waals surface area contributed by atoms with Gasteiger partial charge in [-0.25, -0.2) is 0 Å². The molecule has 0 spiro atoms. The Morgan fingerprint density at radius 3 is 2.41 bits per heavy atom. The van der Waals surface area contributed by atoms with Crippen LogP contribution in [-0.2, 0) is 11.2 Å². The fraction of sp³-hybridized carbons (Fsp3) is 0.444. The van der Waals surface area contributed by atoms with E-state index >= 15 is 0 Å². The van der Waals surface area contributed by atoms with Crippen molar-refractivity contribution in [2.24, 2.45) is 5.92 Å². The molecule has 0 bridgehead atoms. The Bertz CT molecular complexity index is 1120. The summed E-state index contributed by atoms with van der Waals surface area (Å²) in [5.41, 5.74) is 1.34. The van der Waals surface area contributed by atoms with Gasteiger partial charge in [-0.1, -0.05) is 23.7 Å². The summed E-state index contributed by atoms with van der Waals surface area (Å²) in [7, 11) is 1.55. The fourth-order valence-corrected chi connectivity index (χ4v) is 5.35. The molecule has 0 aliphatic carbocycles. The van der Waals surface area contributed by atoms with Gasteiger partial charge in [-0.05, 0) is 76.3 Å². The van der Waals surface area contributed by atoms with Crippen molar-refractivity contribution in [1.82, 2.24) is 10.6 Å². The Hall–Kier alpha value is -2.88. The third kappa shape index (κ3) is 6.37. The van der Waals surface area contributed by atoms with E-state index in [4.69, 9.17) is 16.3 Å². The maximum absolute atomic E-state index is 13.0. The number of nitrogens with one attached hydrogen (secondary N) is 2. The lowest BCUT2D eigenvalue weighted by molar-refractivity contribution is -0.119. The van der Waals surface area contributed by atoms with Crippen LogP contribution in [0.3, 0.4) is 0 Å². The lowest BCUT2D eigenvalue weighted by Crippen LogP contribution is -2.57. The second-order valence-corrected chi connectivity index (χ2v) is 10.7. The van der Waals surface area contributed by atoms with E-state index in [1.54, 1.807) is 43.4 Å². The monoisotopic (exact) mass is 481 g/mol. The van der Waals surface area contributed by atoms with Crippen molar-refractivity contribution >= 4 is 23.3 Å². The van der Waals surface area contributed by atoms with E-state index in [2.05, 4.69) is 44.4 Å². The maximum atomic E-state index is 13.0. The number of hydrogen-bond acceptors (Lipinski definition) is 5.